The lowest BCUT2D eigenvalue weighted by Crippen LogP contribution is -2.44. The van der Waals surface area contributed by atoms with Crippen LogP contribution in [0.15, 0.2) is 0 Å². The quantitative estimate of drug-likeness (QED) is 0.446. The maximum Gasteiger partial charge on any atom is 0.432 e. The first kappa shape index (κ1) is 8.87. The summed E-state index contributed by atoms with van der Waals surface area (Å²) in [5.74, 6) is 0. The van der Waals surface area contributed by atoms with E-state index in [2.05, 4.69) is 0 Å². The molecule has 0 unspecified atom stereocenters. The summed E-state index contributed by atoms with van der Waals surface area (Å²) in [6, 6.07) is 0. The average Bonchev–Trinajstić information content (AvgIpc) is 1.64. The Morgan fingerprint density at radius 2 is 1.78 bits per heavy atom. The highest BCUT2D eigenvalue weighted by Gasteiger charge is 2.27. The summed E-state index contributed by atoms with van der Waals surface area (Å²) in [5.41, 5.74) is 0. The van der Waals surface area contributed by atoms with Crippen LogP contribution in [0, 0.1) is 0 Å². The second kappa shape index (κ2) is 2.24. The van der Waals surface area contributed by atoms with Gasteiger partial charge in [0.2, 0.25) is 0 Å². The van der Waals surface area contributed by atoms with Crippen molar-refractivity contribution in [1.29, 1.82) is 0 Å². The number of hydrogen-bond donors (Lipinski definition) is 1. The summed E-state index contributed by atoms with van der Waals surface area (Å²) in [4.78, 5) is 0. The van der Waals surface area contributed by atoms with Gasteiger partial charge in [0, 0.05) is 0 Å². The van der Waals surface area contributed by atoms with Crippen LogP contribution in [-0.2, 0) is 10.3 Å². The lowest BCUT2D eigenvalue weighted by Gasteiger charge is -2.21. The molecule has 0 atom stereocenters. The molecular formula is C4H12NO3S+. The minimum Gasteiger partial charge on any atom is -0.241 e. The maximum absolute atomic E-state index is 10.4. The molecule has 4 nitrogen and oxygen atoms in total. The highest BCUT2D eigenvalue weighted by Crippen LogP contribution is 2.02. The molecule has 0 amide bonds. The van der Waals surface area contributed by atoms with Crippen LogP contribution in [0.3, 0.4) is 0 Å². The highest BCUT2D eigenvalue weighted by molar-refractivity contribution is 7.80. The third-order valence-corrected chi connectivity index (χ3v) is 2.89. The van der Waals surface area contributed by atoms with Gasteiger partial charge in [-0.2, -0.15) is 3.89 Å². The van der Waals surface area contributed by atoms with Crippen molar-refractivity contribution in [3.63, 3.8) is 0 Å². The molecule has 0 bridgehead atoms. The number of nitrogens with zero attached hydrogens (tertiary/aromatic N) is 1. The monoisotopic (exact) mass is 154 g/mol. The molecule has 0 rings (SSSR count). The fourth-order valence-corrected chi connectivity index (χ4v) is 0.489. The van der Waals surface area contributed by atoms with Gasteiger partial charge in [0.05, 0.1) is 20.6 Å². The summed E-state index contributed by atoms with van der Waals surface area (Å²) in [6.45, 7) is 2.05. The van der Waals surface area contributed by atoms with Crippen molar-refractivity contribution in [2.75, 3.05) is 20.6 Å². The van der Waals surface area contributed by atoms with Gasteiger partial charge in [-0.25, -0.2) is 4.55 Å². The van der Waals surface area contributed by atoms with Crippen molar-refractivity contribution in [2.24, 2.45) is 0 Å². The van der Waals surface area contributed by atoms with Gasteiger partial charge in [-0.15, -0.1) is 8.42 Å². The van der Waals surface area contributed by atoms with E-state index in [1.165, 1.54) is 14.1 Å². The van der Waals surface area contributed by atoms with Crippen molar-refractivity contribution >= 4 is 10.3 Å². The molecule has 0 aliphatic heterocycles. The summed E-state index contributed by atoms with van der Waals surface area (Å²) < 4.78 is 28.9. The van der Waals surface area contributed by atoms with Gasteiger partial charge in [-0.05, 0) is 6.92 Å². The normalized spacial score (nSPS) is 13.8. The molecule has 0 aliphatic rings. The zero-order chi connectivity index (χ0) is 7.71. The summed E-state index contributed by atoms with van der Waals surface area (Å²) >= 11 is 0. The van der Waals surface area contributed by atoms with Gasteiger partial charge in [-0.3, -0.25) is 0 Å². The van der Waals surface area contributed by atoms with Gasteiger partial charge >= 0.3 is 10.3 Å². The first-order valence-electron chi connectivity index (χ1n) is 2.62. The van der Waals surface area contributed by atoms with Crippen molar-refractivity contribution < 1.29 is 16.9 Å². The van der Waals surface area contributed by atoms with Crippen LogP contribution >= 0.6 is 0 Å². The van der Waals surface area contributed by atoms with Gasteiger partial charge in [0.25, 0.3) is 0 Å². The fraction of sp³-hybridized carbons (Fsp3) is 1.00. The molecule has 0 aliphatic carbocycles. The average molecular weight is 154 g/mol. The van der Waals surface area contributed by atoms with E-state index in [1.807, 2.05) is 0 Å². The van der Waals surface area contributed by atoms with E-state index in [4.69, 9.17) is 4.55 Å². The largest absolute Gasteiger partial charge is 0.432 e. The smallest absolute Gasteiger partial charge is 0.241 e. The van der Waals surface area contributed by atoms with E-state index in [-0.39, 0.29) is 3.89 Å². The molecule has 56 valence electrons. The number of hydrogen-bond acceptors (Lipinski definition) is 2. The van der Waals surface area contributed by atoms with Gasteiger partial charge in [0.15, 0.2) is 0 Å². The first-order valence-corrected chi connectivity index (χ1v) is 4.01. The SMILES string of the molecule is CC[N+](C)(C)S(=O)(=O)O. The lowest BCUT2D eigenvalue weighted by molar-refractivity contribution is -0.765. The van der Waals surface area contributed by atoms with Crippen LogP contribution < -0.4 is 0 Å². The molecule has 5 heteroatoms. The second-order valence-electron chi connectivity index (χ2n) is 2.34. The molecule has 0 aromatic rings. The lowest BCUT2D eigenvalue weighted by atomic mass is 10.7. The molecule has 0 fully saturated rings. The van der Waals surface area contributed by atoms with E-state index < -0.39 is 10.3 Å². The Labute approximate surface area is 55.6 Å². The van der Waals surface area contributed by atoms with Crippen LogP contribution in [0.1, 0.15) is 6.92 Å². The van der Waals surface area contributed by atoms with Crippen LogP contribution in [-0.4, -0.2) is 37.5 Å². The Balaban J connectivity index is 4.56. The predicted molar refractivity (Wildman–Crippen MR) is 34.2 cm³/mol. The molecule has 0 radical (unpaired) electrons. The van der Waals surface area contributed by atoms with Gasteiger partial charge < -0.3 is 0 Å². The molecule has 0 aromatic carbocycles. The molecule has 0 spiro atoms. The highest BCUT2D eigenvalue weighted by atomic mass is 32.2. The van der Waals surface area contributed by atoms with Crippen LogP contribution in [0.5, 0.6) is 0 Å². The molecule has 9 heavy (non-hydrogen) atoms. The van der Waals surface area contributed by atoms with Gasteiger partial charge in [0.1, 0.15) is 0 Å². The maximum atomic E-state index is 10.4. The fourth-order valence-electron chi connectivity index (χ4n) is 0.163. The second-order valence-corrected chi connectivity index (χ2v) is 4.22. The third-order valence-electron chi connectivity index (χ3n) is 1.39. The Hall–Kier alpha value is -0.130. The van der Waals surface area contributed by atoms with Crippen LogP contribution in [0.4, 0.5) is 0 Å². The minimum absolute atomic E-state index is 0.360. The Bertz CT molecular complexity index is 182. The standard InChI is InChI=1S/C4H11NO3S/c1-4-5(2,3)9(6,7)8/h4H2,1-3H3/p+1. The zero-order valence-corrected chi connectivity index (χ0v) is 6.64. The molecule has 0 aromatic heterocycles. The molecule has 0 heterocycles. The summed E-state index contributed by atoms with van der Waals surface area (Å²) in [5, 5.41) is 0. The van der Waals surface area contributed by atoms with Crippen LogP contribution in [0.2, 0.25) is 0 Å². The van der Waals surface area contributed by atoms with E-state index >= 15 is 0 Å². The Kier molecular flexibility index (Phi) is 2.21. The first-order chi connectivity index (χ1) is 3.81. The number of rotatable bonds is 2. The zero-order valence-electron chi connectivity index (χ0n) is 5.83. The number of quaternary nitrogens is 1. The van der Waals surface area contributed by atoms with Crippen molar-refractivity contribution in [3.05, 3.63) is 0 Å². The van der Waals surface area contributed by atoms with Gasteiger partial charge in [-0.1, -0.05) is 0 Å². The topological polar surface area (TPSA) is 54.4 Å². The Morgan fingerprint density at radius 1 is 1.44 bits per heavy atom. The van der Waals surface area contributed by atoms with Crippen molar-refractivity contribution in [1.82, 2.24) is 0 Å². The van der Waals surface area contributed by atoms with Crippen molar-refractivity contribution in [3.8, 4) is 0 Å². The van der Waals surface area contributed by atoms with Crippen molar-refractivity contribution in [2.45, 2.75) is 6.92 Å². The third kappa shape index (κ3) is 1.92. The molecule has 1 N–H and O–H groups in total. The molecule has 0 saturated carbocycles. The predicted octanol–water partition coefficient (Wildman–Crippen LogP) is -0.114. The van der Waals surface area contributed by atoms with E-state index in [0.29, 0.717) is 6.54 Å². The summed E-state index contributed by atoms with van der Waals surface area (Å²) in [6.07, 6.45) is 0. The molecule has 0 saturated heterocycles. The van der Waals surface area contributed by atoms with E-state index in [9.17, 15) is 8.42 Å². The summed E-state index contributed by atoms with van der Waals surface area (Å²) in [7, 11) is -1.06. The molecular weight excluding hydrogens is 142 g/mol. The minimum atomic E-state index is -3.91. The van der Waals surface area contributed by atoms with E-state index in [0.717, 1.165) is 0 Å². The van der Waals surface area contributed by atoms with Crippen LogP contribution in [0.25, 0.3) is 0 Å². The Morgan fingerprint density at radius 3 is 1.78 bits per heavy atom. The van der Waals surface area contributed by atoms with E-state index in [1.54, 1.807) is 6.92 Å².